The summed E-state index contributed by atoms with van der Waals surface area (Å²) in [6, 6.07) is 0. The van der Waals surface area contributed by atoms with E-state index < -0.39 is 0 Å². The van der Waals surface area contributed by atoms with Crippen molar-refractivity contribution in [3.63, 3.8) is 0 Å². The van der Waals surface area contributed by atoms with Gasteiger partial charge >= 0.3 is 0 Å². The van der Waals surface area contributed by atoms with Crippen molar-refractivity contribution in [1.82, 2.24) is 5.32 Å². The van der Waals surface area contributed by atoms with E-state index in [1.54, 1.807) is 0 Å². The van der Waals surface area contributed by atoms with Gasteiger partial charge in [0.15, 0.2) is 0 Å². The smallest absolute Gasteiger partial charge is 0.0538 e. The third-order valence-electron chi connectivity index (χ3n) is 3.63. The Bertz CT molecular complexity index is 152. The molecule has 0 spiro atoms. The summed E-state index contributed by atoms with van der Waals surface area (Å²) in [5, 5.41) is 3.49. The van der Waals surface area contributed by atoms with Crippen LogP contribution in [0.2, 0.25) is 0 Å². The van der Waals surface area contributed by atoms with Crippen molar-refractivity contribution >= 4 is 0 Å². The highest BCUT2D eigenvalue weighted by atomic mass is 16.5. The fraction of sp³-hybridized carbons (Fsp3) is 1.00. The van der Waals surface area contributed by atoms with Crippen molar-refractivity contribution in [3.05, 3.63) is 0 Å². The van der Waals surface area contributed by atoms with Gasteiger partial charge in [0.05, 0.1) is 6.61 Å². The zero-order valence-corrected chi connectivity index (χ0v) is 9.94. The molecule has 2 unspecified atom stereocenters. The molecule has 1 N–H and O–H groups in total. The van der Waals surface area contributed by atoms with E-state index in [2.05, 4.69) is 26.1 Å². The number of hydrogen-bond donors (Lipinski definition) is 1. The second-order valence-corrected chi connectivity index (χ2v) is 4.64. The molecule has 2 nitrogen and oxygen atoms in total. The van der Waals surface area contributed by atoms with Crippen LogP contribution in [-0.2, 0) is 4.74 Å². The first-order chi connectivity index (χ1) is 6.75. The molecule has 0 bridgehead atoms. The summed E-state index contributed by atoms with van der Waals surface area (Å²) in [6.07, 6.45) is 3.85. The summed E-state index contributed by atoms with van der Waals surface area (Å²) in [7, 11) is 0. The van der Waals surface area contributed by atoms with E-state index in [0.29, 0.717) is 5.41 Å². The van der Waals surface area contributed by atoms with Crippen molar-refractivity contribution in [2.45, 2.75) is 40.0 Å². The van der Waals surface area contributed by atoms with Gasteiger partial charge in [0.1, 0.15) is 0 Å². The van der Waals surface area contributed by atoms with Gasteiger partial charge in [-0.15, -0.1) is 0 Å². The van der Waals surface area contributed by atoms with E-state index in [1.807, 2.05) is 0 Å². The molecule has 84 valence electrons. The van der Waals surface area contributed by atoms with Crippen molar-refractivity contribution in [3.8, 4) is 0 Å². The first-order valence-corrected chi connectivity index (χ1v) is 6.03. The van der Waals surface area contributed by atoms with Gasteiger partial charge in [-0.1, -0.05) is 33.6 Å². The minimum Gasteiger partial charge on any atom is -0.381 e. The first-order valence-electron chi connectivity index (χ1n) is 6.03. The lowest BCUT2D eigenvalue weighted by atomic mass is 9.73. The van der Waals surface area contributed by atoms with Crippen LogP contribution in [-0.4, -0.2) is 26.3 Å². The van der Waals surface area contributed by atoms with Crippen LogP contribution in [0.15, 0.2) is 0 Å². The lowest BCUT2D eigenvalue weighted by Gasteiger charge is -2.34. The van der Waals surface area contributed by atoms with Crippen molar-refractivity contribution < 1.29 is 4.74 Å². The molecule has 2 atom stereocenters. The molecule has 0 aromatic heterocycles. The van der Waals surface area contributed by atoms with Gasteiger partial charge in [-0.2, -0.15) is 0 Å². The zero-order valence-electron chi connectivity index (χ0n) is 9.94. The zero-order chi connectivity index (χ0) is 10.4. The molecule has 0 saturated carbocycles. The summed E-state index contributed by atoms with van der Waals surface area (Å²) >= 11 is 0. The van der Waals surface area contributed by atoms with E-state index in [4.69, 9.17) is 4.74 Å². The van der Waals surface area contributed by atoms with Crippen LogP contribution in [0.5, 0.6) is 0 Å². The molecule has 1 heterocycles. The summed E-state index contributed by atoms with van der Waals surface area (Å²) in [5.74, 6) is 0.786. The minimum atomic E-state index is 0.423. The van der Waals surface area contributed by atoms with Crippen LogP contribution in [0.3, 0.4) is 0 Å². The average Bonchev–Trinajstić information content (AvgIpc) is 2.65. The van der Waals surface area contributed by atoms with Gasteiger partial charge in [0.25, 0.3) is 0 Å². The minimum absolute atomic E-state index is 0.423. The molecule has 0 aromatic rings. The van der Waals surface area contributed by atoms with E-state index in [1.165, 1.54) is 19.3 Å². The molecule has 1 rings (SSSR count). The van der Waals surface area contributed by atoms with E-state index in [0.717, 1.165) is 32.2 Å². The maximum absolute atomic E-state index is 5.58. The van der Waals surface area contributed by atoms with Crippen molar-refractivity contribution in [2.24, 2.45) is 11.3 Å². The standard InChI is InChI=1S/C12H25NO/c1-4-6-11(3)12(9-13-5-2)7-8-14-10-12/h11,13H,4-10H2,1-3H3. The van der Waals surface area contributed by atoms with Gasteiger partial charge in [-0.3, -0.25) is 0 Å². The van der Waals surface area contributed by atoms with E-state index >= 15 is 0 Å². The van der Waals surface area contributed by atoms with Crippen molar-refractivity contribution in [2.75, 3.05) is 26.3 Å². The van der Waals surface area contributed by atoms with Crippen LogP contribution in [0.4, 0.5) is 0 Å². The van der Waals surface area contributed by atoms with Crippen LogP contribution >= 0.6 is 0 Å². The van der Waals surface area contributed by atoms with Gasteiger partial charge in [-0.05, 0) is 18.9 Å². The largest absolute Gasteiger partial charge is 0.381 e. The Morgan fingerprint density at radius 1 is 1.43 bits per heavy atom. The number of hydrogen-bond acceptors (Lipinski definition) is 2. The predicted octanol–water partition coefficient (Wildman–Crippen LogP) is 2.44. The fourth-order valence-corrected chi connectivity index (χ4v) is 2.44. The highest BCUT2D eigenvalue weighted by molar-refractivity contribution is 4.89. The molecule has 14 heavy (non-hydrogen) atoms. The number of nitrogens with one attached hydrogen (secondary N) is 1. The summed E-state index contributed by atoms with van der Waals surface area (Å²) < 4.78 is 5.58. The Morgan fingerprint density at radius 2 is 2.21 bits per heavy atom. The van der Waals surface area contributed by atoms with Crippen molar-refractivity contribution in [1.29, 1.82) is 0 Å². The molecule has 0 aliphatic carbocycles. The van der Waals surface area contributed by atoms with Crippen LogP contribution in [0.1, 0.15) is 40.0 Å². The van der Waals surface area contributed by atoms with Gasteiger partial charge in [0.2, 0.25) is 0 Å². The summed E-state index contributed by atoms with van der Waals surface area (Å²) in [4.78, 5) is 0. The quantitative estimate of drug-likeness (QED) is 0.709. The van der Waals surface area contributed by atoms with E-state index in [-0.39, 0.29) is 0 Å². The van der Waals surface area contributed by atoms with Gasteiger partial charge < -0.3 is 10.1 Å². The maximum Gasteiger partial charge on any atom is 0.0538 e. The fourth-order valence-electron chi connectivity index (χ4n) is 2.44. The molecular weight excluding hydrogens is 174 g/mol. The topological polar surface area (TPSA) is 21.3 Å². The summed E-state index contributed by atoms with van der Waals surface area (Å²) in [6.45, 7) is 10.9. The second-order valence-electron chi connectivity index (χ2n) is 4.64. The SMILES string of the molecule is CCCC(C)C1(CNCC)CCOC1. The highest BCUT2D eigenvalue weighted by Gasteiger charge is 2.38. The molecular formula is C12H25NO. The van der Waals surface area contributed by atoms with Gasteiger partial charge in [-0.25, -0.2) is 0 Å². The normalized spacial score (nSPS) is 29.4. The Kier molecular flexibility index (Phi) is 4.90. The Hall–Kier alpha value is -0.0800. The number of ether oxygens (including phenoxy) is 1. The molecule has 1 aliphatic heterocycles. The average molecular weight is 199 g/mol. The Morgan fingerprint density at radius 3 is 2.71 bits per heavy atom. The van der Waals surface area contributed by atoms with Crippen LogP contribution in [0, 0.1) is 11.3 Å². The molecule has 1 fully saturated rings. The van der Waals surface area contributed by atoms with E-state index in [9.17, 15) is 0 Å². The third kappa shape index (κ3) is 2.71. The lowest BCUT2D eigenvalue weighted by molar-refractivity contribution is 0.107. The maximum atomic E-state index is 5.58. The Balaban J connectivity index is 2.51. The molecule has 1 aliphatic rings. The van der Waals surface area contributed by atoms with Gasteiger partial charge in [0, 0.05) is 18.6 Å². The second kappa shape index (κ2) is 5.72. The predicted molar refractivity (Wildman–Crippen MR) is 60.5 cm³/mol. The molecule has 1 saturated heterocycles. The van der Waals surface area contributed by atoms with Crippen LogP contribution in [0.25, 0.3) is 0 Å². The molecule has 0 amide bonds. The Labute approximate surface area is 88.4 Å². The molecule has 0 radical (unpaired) electrons. The highest BCUT2D eigenvalue weighted by Crippen LogP contribution is 2.38. The van der Waals surface area contributed by atoms with Crippen LogP contribution < -0.4 is 5.32 Å². The summed E-state index contributed by atoms with van der Waals surface area (Å²) in [5.41, 5.74) is 0.423. The third-order valence-corrected chi connectivity index (χ3v) is 3.63. The first kappa shape index (κ1) is 12.0. The molecule has 2 heteroatoms. The number of rotatable bonds is 6. The lowest BCUT2D eigenvalue weighted by Crippen LogP contribution is -2.40. The monoisotopic (exact) mass is 199 g/mol. The molecule has 0 aromatic carbocycles.